The van der Waals surface area contributed by atoms with Gasteiger partial charge >= 0.3 is 5.91 Å². The van der Waals surface area contributed by atoms with Crippen molar-refractivity contribution in [3.8, 4) is 17.2 Å². The minimum Gasteiger partial charge on any atom is -0.507 e. The lowest BCUT2D eigenvalue weighted by molar-refractivity contribution is -0.132. The molecular formula is C35H29FN2O6S. The van der Waals surface area contributed by atoms with Crippen molar-refractivity contribution < 1.29 is 33.3 Å². The number of thiazole rings is 1. The molecule has 45 heavy (non-hydrogen) atoms. The number of anilines is 1. The Labute approximate surface area is 262 Å². The van der Waals surface area contributed by atoms with E-state index >= 15 is 0 Å². The number of ether oxygens (including phenoxy) is 3. The van der Waals surface area contributed by atoms with E-state index in [1.807, 2.05) is 50.2 Å². The fourth-order valence-electron chi connectivity index (χ4n) is 5.18. The zero-order valence-corrected chi connectivity index (χ0v) is 25.3. The molecule has 4 aromatic carbocycles. The van der Waals surface area contributed by atoms with Crippen LogP contribution in [0.1, 0.15) is 36.6 Å². The number of carbonyl (C=O) groups excluding carboxylic acids is 2. The summed E-state index contributed by atoms with van der Waals surface area (Å²) in [5.41, 5.74) is 2.12. The van der Waals surface area contributed by atoms with Gasteiger partial charge in [-0.2, -0.15) is 0 Å². The van der Waals surface area contributed by atoms with Gasteiger partial charge in [0.25, 0.3) is 5.78 Å². The van der Waals surface area contributed by atoms with Gasteiger partial charge in [0.15, 0.2) is 16.6 Å². The van der Waals surface area contributed by atoms with Crippen molar-refractivity contribution in [2.75, 3.05) is 18.1 Å². The first kappa shape index (κ1) is 29.8. The second kappa shape index (κ2) is 12.8. The molecule has 1 unspecified atom stereocenters. The predicted octanol–water partition coefficient (Wildman–Crippen LogP) is 7.44. The molecule has 8 nitrogen and oxygen atoms in total. The average molecular weight is 625 g/mol. The first-order valence-corrected chi connectivity index (χ1v) is 15.2. The summed E-state index contributed by atoms with van der Waals surface area (Å²) in [4.78, 5) is 33.4. The van der Waals surface area contributed by atoms with E-state index < -0.39 is 29.3 Å². The molecule has 0 aliphatic carbocycles. The maximum Gasteiger partial charge on any atom is 0.301 e. The van der Waals surface area contributed by atoms with E-state index in [9.17, 15) is 19.1 Å². The molecule has 1 aliphatic heterocycles. The lowest BCUT2D eigenvalue weighted by atomic mass is 9.95. The third-order valence-corrected chi connectivity index (χ3v) is 8.27. The van der Waals surface area contributed by atoms with Crippen LogP contribution in [0, 0.1) is 5.82 Å². The standard InChI is InChI=1S/C35H29FN2O6S/c1-3-42-25-15-16-26-29(19-25)45-35(37-26)38-31(30(33(40)34(38)41)32(39)22-10-13-24(36)14-11-22)23-12-17-27(28(18-23)43-4-2)44-20-21-8-6-5-7-9-21/h5-19,31,39H,3-4,20H2,1-2H3/b32-30+. The van der Waals surface area contributed by atoms with Crippen LogP contribution in [-0.2, 0) is 16.2 Å². The number of ketones is 1. The van der Waals surface area contributed by atoms with Crippen LogP contribution in [0.3, 0.4) is 0 Å². The molecule has 0 saturated carbocycles. The largest absolute Gasteiger partial charge is 0.507 e. The highest BCUT2D eigenvalue weighted by Gasteiger charge is 2.48. The first-order valence-electron chi connectivity index (χ1n) is 14.4. The van der Waals surface area contributed by atoms with Gasteiger partial charge in [0, 0.05) is 5.56 Å². The van der Waals surface area contributed by atoms with E-state index in [0.29, 0.717) is 48.1 Å². The SMILES string of the molecule is CCOc1ccc2nc(N3C(=O)C(=O)/C(=C(/O)c4ccc(F)cc4)C3c3ccc(OCc4ccccc4)c(OCC)c3)sc2c1. The van der Waals surface area contributed by atoms with Gasteiger partial charge in [0.05, 0.1) is 35.0 Å². The zero-order valence-electron chi connectivity index (χ0n) is 24.5. The van der Waals surface area contributed by atoms with Crippen molar-refractivity contribution in [2.45, 2.75) is 26.5 Å². The van der Waals surface area contributed by atoms with Crippen LogP contribution in [0.25, 0.3) is 16.0 Å². The number of hydrogen-bond donors (Lipinski definition) is 1. The van der Waals surface area contributed by atoms with E-state index in [-0.39, 0.29) is 16.3 Å². The Balaban J connectivity index is 1.48. The fourth-order valence-corrected chi connectivity index (χ4v) is 6.20. The number of fused-ring (bicyclic) bond motifs is 1. The van der Waals surface area contributed by atoms with Gasteiger partial charge in [-0.3, -0.25) is 14.5 Å². The van der Waals surface area contributed by atoms with E-state index in [4.69, 9.17) is 14.2 Å². The number of amides is 1. The third kappa shape index (κ3) is 5.97. The molecule has 10 heteroatoms. The van der Waals surface area contributed by atoms with Crippen molar-refractivity contribution in [3.63, 3.8) is 0 Å². The number of Topliss-reactive ketones (excluding diaryl/α,β-unsaturated/α-hetero) is 1. The second-order valence-corrected chi connectivity index (χ2v) is 11.2. The Bertz CT molecular complexity index is 1910. The van der Waals surface area contributed by atoms with Gasteiger partial charge in [0.2, 0.25) is 0 Å². The minimum atomic E-state index is -1.07. The second-order valence-electron chi connectivity index (χ2n) is 10.1. The lowest BCUT2D eigenvalue weighted by Crippen LogP contribution is -2.29. The van der Waals surface area contributed by atoms with Crippen molar-refractivity contribution in [1.82, 2.24) is 4.98 Å². The summed E-state index contributed by atoms with van der Waals surface area (Å²) < 4.78 is 32.1. The number of aromatic nitrogens is 1. The molecule has 1 fully saturated rings. The van der Waals surface area contributed by atoms with E-state index in [1.165, 1.54) is 40.5 Å². The third-order valence-electron chi connectivity index (χ3n) is 7.25. The van der Waals surface area contributed by atoms with Crippen LogP contribution in [0.4, 0.5) is 9.52 Å². The zero-order chi connectivity index (χ0) is 31.5. The molecule has 5 aromatic rings. The van der Waals surface area contributed by atoms with Gasteiger partial charge in [-0.25, -0.2) is 9.37 Å². The van der Waals surface area contributed by atoms with Crippen LogP contribution in [-0.4, -0.2) is 35.0 Å². The number of rotatable bonds is 10. The fraction of sp³-hybridized carbons (Fsp3) is 0.171. The molecule has 1 saturated heterocycles. The first-order chi connectivity index (χ1) is 21.9. The van der Waals surface area contributed by atoms with Crippen molar-refractivity contribution >= 4 is 44.1 Å². The minimum absolute atomic E-state index is 0.152. The van der Waals surface area contributed by atoms with Gasteiger partial charge in [-0.05, 0) is 79.6 Å². The molecule has 1 amide bonds. The van der Waals surface area contributed by atoms with E-state index in [1.54, 1.807) is 30.3 Å². The molecule has 0 spiro atoms. The van der Waals surface area contributed by atoms with Crippen LogP contribution in [0.15, 0.2) is 96.6 Å². The summed E-state index contributed by atoms with van der Waals surface area (Å²) in [5.74, 6) is -1.14. The molecule has 2 heterocycles. The van der Waals surface area contributed by atoms with Crippen LogP contribution >= 0.6 is 11.3 Å². The highest BCUT2D eigenvalue weighted by atomic mass is 32.1. The van der Waals surface area contributed by atoms with E-state index in [0.717, 1.165) is 10.3 Å². The topological polar surface area (TPSA) is 98.2 Å². The van der Waals surface area contributed by atoms with Crippen LogP contribution in [0.5, 0.6) is 17.2 Å². The number of nitrogens with zero attached hydrogens (tertiary/aromatic N) is 2. The van der Waals surface area contributed by atoms with Crippen LogP contribution < -0.4 is 19.1 Å². The number of hydrogen-bond acceptors (Lipinski definition) is 8. The Kier molecular flexibility index (Phi) is 8.48. The van der Waals surface area contributed by atoms with Crippen molar-refractivity contribution in [3.05, 3.63) is 119 Å². The predicted molar refractivity (Wildman–Crippen MR) is 170 cm³/mol. The summed E-state index contributed by atoms with van der Waals surface area (Å²) in [6.07, 6.45) is 0. The molecule has 1 N–H and O–H groups in total. The van der Waals surface area contributed by atoms with Gasteiger partial charge in [-0.15, -0.1) is 0 Å². The van der Waals surface area contributed by atoms with Gasteiger partial charge in [0.1, 0.15) is 23.9 Å². The Morgan fingerprint density at radius 3 is 2.38 bits per heavy atom. The number of carbonyl (C=O) groups is 2. The summed E-state index contributed by atoms with van der Waals surface area (Å²) >= 11 is 1.23. The summed E-state index contributed by atoms with van der Waals surface area (Å²) in [6, 6.07) is 24.2. The van der Waals surface area contributed by atoms with Crippen molar-refractivity contribution in [2.24, 2.45) is 0 Å². The van der Waals surface area contributed by atoms with Crippen LogP contribution in [0.2, 0.25) is 0 Å². The summed E-state index contributed by atoms with van der Waals surface area (Å²) in [6.45, 7) is 4.85. The molecule has 1 atom stereocenters. The highest BCUT2D eigenvalue weighted by Crippen LogP contribution is 2.46. The number of aliphatic hydroxyl groups excluding tert-OH is 1. The molecule has 0 radical (unpaired) electrons. The lowest BCUT2D eigenvalue weighted by Gasteiger charge is -2.24. The quantitative estimate of drug-likeness (QED) is 0.0980. The number of halogens is 1. The average Bonchev–Trinajstić information content (AvgIpc) is 3.58. The molecule has 0 bridgehead atoms. The van der Waals surface area contributed by atoms with Crippen molar-refractivity contribution in [1.29, 1.82) is 0 Å². The number of benzene rings is 4. The molecule has 6 rings (SSSR count). The molecule has 1 aliphatic rings. The Hall–Kier alpha value is -5.22. The molecule has 1 aromatic heterocycles. The molecular weight excluding hydrogens is 595 g/mol. The summed E-state index contributed by atoms with van der Waals surface area (Å²) in [7, 11) is 0. The molecule has 228 valence electrons. The Morgan fingerprint density at radius 2 is 1.64 bits per heavy atom. The summed E-state index contributed by atoms with van der Waals surface area (Å²) in [5, 5.41) is 11.7. The normalized spacial score (nSPS) is 15.9. The van der Waals surface area contributed by atoms with Gasteiger partial charge < -0.3 is 19.3 Å². The number of aliphatic hydroxyl groups is 1. The van der Waals surface area contributed by atoms with E-state index in [2.05, 4.69) is 4.98 Å². The van der Waals surface area contributed by atoms with Gasteiger partial charge in [-0.1, -0.05) is 47.7 Å². The maximum atomic E-state index is 13.7. The maximum absolute atomic E-state index is 13.7. The smallest absolute Gasteiger partial charge is 0.301 e. The Morgan fingerprint density at radius 1 is 0.889 bits per heavy atom. The monoisotopic (exact) mass is 624 g/mol. The highest BCUT2D eigenvalue weighted by molar-refractivity contribution is 7.22.